The van der Waals surface area contributed by atoms with Gasteiger partial charge in [0.1, 0.15) is 5.82 Å². The predicted molar refractivity (Wildman–Crippen MR) is 116 cm³/mol. The molecule has 7 nitrogen and oxygen atoms in total. The summed E-state index contributed by atoms with van der Waals surface area (Å²) in [6.45, 7) is 4.00. The number of carbonyl (C=O) groups excluding carboxylic acids is 1. The van der Waals surface area contributed by atoms with Gasteiger partial charge in [0.15, 0.2) is 5.16 Å². The fourth-order valence-corrected chi connectivity index (χ4v) is 4.02. The first-order valence-corrected chi connectivity index (χ1v) is 10.8. The van der Waals surface area contributed by atoms with Crippen molar-refractivity contribution >= 4 is 41.0 Å². The number of hydrogen-bond acceptors (Lipinski definition) is 6. The highest BCUT2D eigenvalue weighted by atomic mass is 35.5. The molecule has 0 atom stereocenters. The highest BCUT2D eigenvalue weighted by Gasteiger charge is 2.23. The van der Waals surface area contributed by atoms with Crippen LogP contribution in [0.4, 0.5) is 11.8 Å². The van der Waals surface area contributed by atoms with Crippen molar-refractivity contribution in [3.8, 4) is 5.69 Å². The highest BCUT2D eigenvalue weighted by Crippen LogP contribution is 2.28. The molecule has 1 saturated heterocycles. The summed E-state index contributed by atoms with van der Waals surface area (Å²) in [5.74, 6) is 1.34. The topological polar surface area (TPSA) is 75.9 Å². The van der Waals surface area contributed by atoms with Crippen LogP contribution >= 0.6 is 23.4 Å². The van der Waals surface area contributed by atoms with Crippen molar-refractivity contribution in [2.45, 2.75) is 24.9 Å². The number of hydrogen-bond donors (Lipinski definition) is 1. The van der Waals surface area contributed by atoms with Crippen molar-refractivity contribution in [3.05, 3.63) is 53.2 Å². The second-order valence-corrected chi connectivity index (χ2v) is 8.23. The van der Waals surface area contributed by atoms with Gasteiger partial charge >= 0.3 is 0 Å². The predicted octanol–water partition coefficient (Wildman–Crippen LogP) is 3.96. The molecular weight excluding hydrogens is 408 g/mol. The molecule has 3 aromatic rings. The molecule has 1 N–H and O–H groups in total. The summed E-state index contributed by atoms with van der Waals surface area (Å²) in [6.07, 6.45) is 3.81. The summed E-state index contributed by atoms with van der Waals surface area (Å²) in [7, 11) is 0. The lowest BCUT2D eigenvalue weighted by atomic mass is 10.2. The number of amides is 1. The number of carbonyl (C=O) groups is 1. The second-order valence-electron chi connectivity index (χ2n) is 6.85. The smallest absolute Gasteiger partial charge is 0.236 e. The zero-order valence-electron chi connectivity index (χ0n) is 16.0. The maximum absolute atomic E-state index is 12.4. The van der Waals surface area contributed by atoms with Crippen LogP contribution in [0.5, 0.6) is 0 Å². The molecule has 0 saturated carbocycles. The zero-order chi connectivity index (χ0) is 20.2. The lowest BCUT2D eigenvalue weighted by Crippen LogP contribution is -2.22. The molecule has 0 bridgehead atoms. The highest BCUT2D eigenvalue weighted by molar-refractivity contribution is 7.99. The lowest BCUT2D eigenvalue weighted by Gasteiger charge is -2.18. The van der Waals surface area contributed by atoms with E-state index in [1.54, 1.807) is 12.1 Å². The van der Waals surface area contributed by atoms with Crippen LogP contribution in [0, 0.1) is 6.92 Å². The first kappa shape index (κ1) is 19.7. The van der Waals surface area contributed by atoms with Crippen LogP contribution in [0.25, 0.3) is 5.69 Å². The molecule has 29 heavy (non-hydrogen) atoms. The van der Waals surface area contributed by atoms with E-state index in [1.807, 2.05) is 4.57 Å². The Morgan fingerprint density at radius 1 is 1.14 bits per heavy atom. The third-order valence-electron chi connectivity index (χ3n) is 4.62. The van der Waals surface area contributed by atoms with Gasteiger partial charge in [0.05, 0.1) is 16.5 Å². The SMILES string of the molecule is Cc1ccc(-n2c(SCC(=O)Nc3ccc(Cl)cn3)nnc2N2CCCC2)cc1. The Labute approximate surface area is 178 Å². The van der Waals surface area contributed by atoms with Crippen LogP contribution in [-0.2, 0) is 4.79 Å². The number of anilines is 2. The van der Waals surface area contributed by atoms with E-state index >= 15 is 0 Å². The van der Waals surface area contributed by atoms with E-state index in [9.17, 15) is 4.79 Å². The van der Waals surface area contributed by atoms with Crippen LogP contribution in [0.15, 0.2) is 47.8 Å². The van der Waals surface area contributed by atoms with E-state index < -0.39 is 0 Å². The van der Waals surface area contributed by atoms with Crippen LogP contribution in [0.1, 0.15) is 18.4 Å². The van der Waals surface area contributed by atoms with Crippen LogP contribution < -0.4 is 10.2 Å². The van der Waals surface area contributed by atoms with Crippen molar-refractivity contribution in [2.24, 2.45) is 0 Å². The van der Waals surface area contributed by atoms with Gasteiger partial charge in [-0.3, -0.25) is 9.36 Å². The number of pyridine rings is 1. The molecule has 150 valence electrons. The largest absolute Gasteiger partial charge is 0.341 e. The standard InChI is InChI=1S/C20H21ClN6OS/c1-14-4-7-16(8-5-14)27-19(26-10-2-3-11-26)24-25-20(27)29-13-18(28)23-17-9-6-15(21)12-22-17/h4-9,12H,2-3,10-11,13H2,1H3,(H,22,23,28). The molecule has 0 aliphatic carbocycles. The van der Waals surface area contributed by atoms with E-state index in [0.29, 0.717) is 16.0 Å². The third kappa shape index (κ3) is 4.71. The maximum atomic E-state index is 12.4. The van der Waals surface area contributed by atoms with Crippen molar-refractivity contribution < 1.29 is 4.79 Å². The van der Waals surface area contributed by atoms with E-state index in [0.717, 1.165) is 37.6 Å². The number of nitrogens with zero attached hydrogens (tertiary/aromatic N) is 5. The number of aryl methyl sites for hydroxylation is 1. The minimum absolute atomic E-state index is 0.161. The molecule has 0 spiro atoms. The summed E-state index contributed by atoms with van der Waals surface area (Å²) in [4.78, 5) is 18.7. The Balaban J connectivity index is 1.52. The molecule has 3 heterocycles. The van der Waals surface area contributed by atoms with Gasteiger partial charge in [0, 0.05) is 19.3 Å². The van der Waals surface area contributed by atoms with E-state index in [-0.39, 0.29) is 11.7 Å². The van der Waals surface area contributed by atoms with Gasteiger partial charge < -0.3 is 10.2 Å². The van der Waals surface area contributed by atoms with Crippen molar-refractivity contribution in [1.82, 2.24) is 19.7 Å². The Morgan fingerprint density at radius 3 is 2.59 bits per heavy atom. The Kier molecular flexibility index (Phi) is 6.01. The zero-order valence-corrected chi connectivity index (χ0v) is 17.6. The average Bonchev–Trinajstić information content (AvgIpc) is 3.38. The summed E-state index contributed by atoms with van der Waals surface area (Å²) in [6, 6.07) is 11.6. The molecule has 2 aromatic heterocycles. The maximum Gasteiger partial charge on any atom is 0.236 e. The molecule has 9 heteroatoms. The number of halogens is 1. The Hall–Kier alpha value is -2.58. The summed E-state index contributed by atoms with van der Waals surface area (Å²) in [5, 5.41) is 12.8. The molecule has 1 aliphatic rings. The lowest BCUT2D eigenvalue weighted by molar-refractivity contribution is -0.113. The Bertz CT molecular complexity index is 983. The van der Waals surface area contributed by atoms with Gasteiger partial charge in [-0.05, 0) is 44.0 Å². The van der Waals surface area contributed by atoms with Gasteiger partial charge in [-0.1, -0.05) is 41.1 Å². The van der Waals surface area contributed by atoms with E-state index in [1.165, 1.54) is 23.5 Å². The second kappa shape index (κ2) is 8.84. The molecule has 1 aromatic carbocycles. The van der Waals surface area contributed by atoms with Crippen molar-refractivity contribution in [1.29, 1.82) is 0 Å². The number of rotatable bonds is 6. The Morgan fingerprint density at radius 2 is 1.90 bits per heavy atom. The van der Waals surface area contributed by atoms with Crippen LogP contribution in [-0.4, -0.2) is 44.5 Å². The normalized spacial score (nSPS) is 13.7. The molecule has 0 unspecified atom stereocenters. The van der Waals surface area contributed by atoms with Gasteiger partial charge in [0.25, 0.3) is 0 Å². The van der Waals surface area contributed by atoms with Gasteiger partial charge in [-0.2, -0.15) is 0 Å². The van der Waals surface area contributed by atoms with Gasteiger partial charge in [0.2, 0.25) is 11.9 Å². The minimum atomic E-state index is -0.161. The van der Waals surface area contributed by atoms with Crippen LogP contribution in [0.2, 0.25) is 5.02 Å². The fourth-order valence-electron chi connectivity index (χ4n) is 3.16. The summed E-state index contributed by atoms with van der Waals surface area (Å²) in [5.41, 5.74) is 2.18. The number of thioether (sulfide) groups is 1. The molecule has 1 amide bonds. The van der Waals surface area contributed by atoms with Crippen molar-refractivity contribution in [2.75, 3.05) is 29.1 Å². The molecular formula is C20H21ClN6OS. The fraction of sp³-hybridized carbons (Fsp3) is 0.300. The van der Waals surface area contributed by atoms with Gasteiger partial charge in [-0.25, -0.2) is 4.98 Å². The number of aromatic nitrogens is 4. The average molecular weight is 429 g/mol. The third-order valence-corrected chi connectivity index (χ3v) is 5.78. The quantitative estimate of drug-likeness (QED) is 0.599. The van der Waals surface area contributed by atoms with E-state index in [4.69, 9.17) is 11.6 Å². The summed E-state index contributed by atoms with van der Waals surface area (Å²) < 4.78 is 2.03. The number of nitrogens with one attached hydrogen (secondary N) is 1. The summed E-state index contributed by atoms with van der Waals surface area (Å²) >= 11 is 7.18. The first-order chi connectivity index (χ1) is 14.1. The van der Waals surface area contributed by atoms with E-state index in [2.05, 4.69) is 56.6 Å². The molecule has 4 rings (SSSR count). The van der Waals surface area contributed by atoms with Crippen LogP contribution in [0.3, 0.4) is 0 Å². The number of benzene rings is 1. The minimum Gasteiger partial charge on any atom is -0.341 e. The monoisotopic (exact) mass is 428 g/mol. The molecule has 0 radical (unpaired) electrons. The molecule has 1 fully saturated rings. The van der Waals surface area contributed by atoms with Gasteiger partial charge in [-0.15, -0.1) is 10.2 Å². The first-order valence-electron chi connectivity index (χ1n) is 9.42. The van der Waals surface area contributed by atoms with Crippen molar-refractivity contribution in [3.63, 3.8) is 0 Å². The molecule has 1 aliphatic heterocycles.